The smallest absolute Gasteiger partial charge is 0.336 e. The lowest BCUT2D eigenvalue weighted by Gasteiger charge is -2.12. The number of aromatic nitrogens is 4. The molecule has 0 spiro atoms. The van der Waals surface area contributed by atoms with E-state index in [0.717, 1.165) is 22.3 Å². The molecule has 27 heavy (non-hydrogen) atoms. The molecule has 0 aliphatic heterocycles. The van der Waals surface area contributed by atoms with E-state index in [4.69, 9.17) is 13.9 Å². The van der Waals surface area contributed by atoms with Gasteiger partial charge in [0.05, 0.1) is 7.11 Å². The minimum atomic E-state index is -0.429. The molecule has 2 heterocycles. The van der Waals surface area contributed by atoms with Crippen molar-refractivity contribution >= 4 is 11.0 Å². The molecule has 0 saturated carbocycles. The van der Waals surface area contributed by atoms with Crippen LogP contribution in [-0.2, 0) is 6.61 Å². The Hall–Kier alpha value is -3.68. The minimum Gasteiger partial charge on any atom is -0.497 e. The molecule has 4 rings (SSSR count). The summed E-state index contributed by atoms with van der Waals surface area (Å²) < 4.78 is 16.4. The quantitative estimate of drug-likeness (QED) is 0.499. The van der Waals surface area contributed by atoms with E-state index in [0.29, 0.717) is 22.7 Å². The van der Waals surface area contributed by atoms with Gasteiger partial charge in [-0.25, -0.2) is 4.79 Å². The molecule has 2 aromatic heterocycles. The highest BCUT2D eigenvalue weighted by Gasteiger charge is 2.13. The Morgan fingerprint density at radius 1 is 1.15 bits per heavy atom. The van der Waals surface area contributed by atoms with Crippen molar-refractivity contribution < 1.29 is 13.9 Å². The van der Waals surface area contributed by atoms with E-state index in [-0.39, 0.29) is 6.61 Å². The SMILES string of the molecule is COc1ccc(-c2cc(=O)oc3c(C)c(OCc4nnn[n-]4)ccc23)cc1. The Morgan fingerprint density at radius 2 is 1.96 bits per heavy atom. The van der Waals surface area contributed by atoms with Gasteiger partial charge in [-0.1, -0.05) is 12.1 Å². The number of tetrazole rings is 1. The fourth-order valence-corrected chi connectivity index (χ4v) is 2.87. The fourth-order valence-electron chi connectivity index (χ4n) is 2.87. The second-order valence-corrected chi connectivity index (χ2v) is 5.86. The summed E-state index contributed by atoms with van der Waals surface area (Å²) in [6.45, 7) is 1.96. The molecule has 0 amide bonds. The second-order valence-electron chi connectivity index (χ2n) is 5.86. The lowest BCUT2D eigenvalue weighted by Crippen LogP contribution is -2.03. The van der Waals surface area contributed by atoms with Crippen LogP contribution in [0.25, 0.3) is 22.1 Å². The third kappa shape index (κ3) is 3.24. The van der Waals surface area contributed by atoms with Crippen LogP contribution >= 0.6 is 0 Å². The Bertz CT molecular complexity index is 1140. The summed E-state index contributed by atoms with van der Waals surface area (Å²) in [6.07, 6.45) is 0. The van der Waals surface area contributed by atoms with Gasteiger partial charge in [0, 0.05) is 22.8 Å². The zero-order chi connectivity index (χ0) is 18.8. The van der Waals surface area contributed by atoms with Gasteiger partial charge < -0.3 is 19.0 Å². The van der Waals surface area contributed by atoms with Crippen molar-refractivity contribution in [2.24, 2.45) is 0 Å². The monoisotopic (exact) mass is 363 g/mol. The summed E-state index contributed by atoms with van der Waals surface area (Å²) in [5.41, 5.74) is 2.44. The van der Waals surface area contributed by atoms with Crippen LogP contribution in [0.4, 0.5) is 0 Å². The highest BCUT2D eigenvalue weighted by molar-refractivity contribution is 5.95. The van der Waals surface area contributed by atoms with Gasteiger partial charge in [-0.3, -0.25) is 10.3 Å². The molecular weight excluding hydrogens is 348 g/mol. The first-order valence-electron chi connectivity index (χ1n) is 8.18. The highest BCUT2D eigenvalue weighted by atomic mass is 16.5. The molecule has 0 atom stereocenters. The number of aryl methyl sites for hydroxylation is 1. The predicted octanol–water partition coefficient (Wildman–Crippen LogP) is 2.50. The van der Waals surface area contributed by atoms with Gasteiger partial charge in [-0.15, -0.1) is 0 Å². The van der Waals surface area contributed by atoms with Crippen molar-refractivity contribution in [1.29, 1.82) is 0 Å². The molecule has 4 aromatic rings. The van der Waals surface area contributed by atoms with E-state index in [1.165, 1.54) is 6.07 Å². The third-order valence-corrected chi connectivity index (χ3v) is 4.23. The minimum absolute atomic E-state index is 0.127. The topological polar surface area (TPSA) is 101 Å². The zero-order valence-electron chi connectivity index (χ0n) is 14.7. The van der Waals surface area contributed by atoms with Crippen LogP contribution in [0, 0.1) is 6.92 Å². The molecule has 0 bridgehead atoms. The molecule has 8 heteroatoms. The molecule has 0 saturated heterocycles. The number of rotatable bonds is 5. The second kappa shape index (κ2) is 6.91. The maximum Gasteiger partial charge on any atom is 0.336 e. The summed E-state index contributed by atoms with van der Waals surface area (Å²) in [7, 11) is 1.61. The molecule has 0 N–H and O–H groups in total. The van der Waals surface area contributed by atoms with Gasteiger partial charge >= 0.3 is 5.63 Å². The summed E-state index contributed by atoms with van der Waals surface area (Å²) in [4.78, 5) is 12.1. The average molecular weight is 363 g/mol. The number of nitrogens with zero attached hydrogens (tertiary/aromatic N) is 4. The zero-order valence-corrected chi connectivity index (χ0v) is 14.7. The first-order valence-corrected chi connectivity index (χ1v) is 8.18. The van der Waals surface area contributed by atoms with E-state index in [2.05, 4.69) is 20.6 Å². The third-order valence-electron chi connectivity index (χ3n) is 4.23. The van der Waals surface area contributed by atoms with E-state index in [9.17, 15) is 4.79 Å². The van der Waals surface area contributed by atoms with Crippen LogP contribution in [0.1, 0.15) is 11.4 Å². The molecule has 0 fully saturated rings. The van der Waals surface area contributed by atoms with Gasteiger partial charge in [0.2, 0.25) is 0 Å². The lowest BCUT2D eigenvalue weighted by atomic mass is 10.00. The Balaban J connectivity index is 1.77. The largest absolute Gasteiger partial charge is 0.497 e. The number of ether oxygens (including phenoxy) is 2. The van der Waals surface area contributed by atoms with Crippen LogP contribution in [0.3, 0.4) is 0 Å². The lowest BCUT2D eigenvalue weighted by molar-refractivity contribution is 0.293. The molecule has 8 nitrogen and oxygen atoms in total. The molecule has 2 aromatic carbocycles. The van der Waals surface area contributed by atoms with Gasteiger partial charge in [0.15, 0.2) is 0 Å². The Morgan fingerprint density at radius 3 is 2.67 bits per heavy atom. The fraction of sp³-hybridized carbons (Fsp3) is 0.158. The van der Waals surface area contributed by atoms with Crippen LogP contribution in [0.5, 0.6) is 11.5 Å². The van der Waals surface area contributed by atoms with E-state index < -0.39 is 5.63 Å². The molecule has 0 aliphatic carbocycles. The van der Waals surface area contributed by atoms with Crippen LogP contribution in [0.2, 0.25) is 0 Å². The molecular formula is C19H15N4O4-. The number of methoxy groups -OCH3 is 1. The van der Waals surface area contributed by atoms with Crippen molar-refractivity contribution in [3.63, 3.8) is 0 Å². The molecule has 0 aliphatic rings. The average Bonchev–Trinajstić information content (AvgIpc) is 3.21. The normalized spacial score (nSPS) is 10.9. The van der Waals surface area contributed by atoms with Gasteiger partial charge in [0.25, 0.3) is 0 Å². The molecule has 0 radical (unpaired) electrons. The maximum absolute atomic E-state index is 12.1. The molecule has 0 unspecified atom stereocenters. The Labute approximate surface area is 153 Å². The highest BCUT2D eigenvalue weighted by Crippen LogP contribution is 2.33. The van der Waals surface area contributed by atoms with Crippen molar-refractivity contribution in [1.82, 2.24) is 20.6 Å². The number of hydrogen-bond donors (Lipinski definition) is 0. The predicted molar refractivity (Wildman–Crippen MR) is 96.7 cm³/mol. The van der Waals surface area contributed by atoms with E-state index >= 15 is 0 Å². The Kier molecular flexibility index (Phi) is 4.29. The van der Waals surface area contributed by atoms with Crippen molar-refractivity contribution in [3.8, 4) is 22.6 Å². The summed E-state index contributed by atoms with van der Waals surface area (Å²) in [5, 5.41) is 15.1. The van der Waals surface area contributed by atoms with Gasteiger partial charge in [0.1, 0.15) is 23.7 Å². The van der Waals surface area contributed by atoms with Crippen LogP contribution in [-0.4, -0.2) is 22.6 Å². The summed E-state index contributed by atoms with van der Waals surface area (Å²) in [5.74, 6) is 1.70. The number of hydrogen-bond acceptors (Lipinski definition) is 7. The van der Waals surface area contributed by atoms with E-state index in [1.54, 1.807) is 7.11 Å². The van der Waals surface area contributed by atoms with E-state index in [1.807, 2.05) is 43.3 Å². The summed E-state index contributed by atoms with van der Waals surface area (Å²) >= 11 is 0. The number of fused-ring (bicyclic) bond motifs is 1. The summed E-state index contributed by atoms with van der Waals surface area (Å²) in [6, 6.07) is 12.7. The van der Waals surface area contributed by atoms with Crippen molar-refractivity contribution in [3.05, 3.63) is 64.3 Å². The van der Waals surface area contributed by atoms with Gasteiger partial charge in [-0.05, 0) is 42.3 Å². The first kappa shape index (κ1) is 16.8. The van der Waals surface area contributed by atoms with Crippen molar-refractivity contribution in [2.45, 2.75) is 13.5 Å². The van der Waals surface area contributed by atoms with Crippen LogP contribution < -0.4 is 20.2 Å². The van der Waals surface area contributed by atoms with Gasteiger partial charge in [-0.2, -0.15) is 5.21 Å². The van der Waals surface area contributed by atoms with Crippen molar-refractivity contribution in [2.75, 3.05) is 7.11 Å². The maximum atomic E-state index is 12.1. The van der Waals surface area contributed by atoms with Crippen LogP contribution in [0.15, 0.2) is 51.7 Å². The molecule has 136 valence electrons. The standard InChI is InChI=1S/C19H15N4O4/c1-11-16(26-10-17-20-22-23-21-17)8-7-14-15(9-18(24)27-19(11)14)12-3-5-13(25-2)6-4-12/h3-9H,10H2,1-2H3/q-1. The first-order chi connectivity index (χ1) is 13.2. The number of benzene rings is 2.